The predicted molar refractivity (Wildman–Crippen MR) is 70.2 cm³/mol. The maximum absolute atomic E-state index is 10.9. The fourth-order valence-electron chi connectivity index (χ4n) is 2.32. The molecule has 1 aromatic carbocycles. The van der Waals surface area contributed by atoms with Crippen LogP contribution in [0.2, 0.25) is 5.02 Å². The molecule has 0 saturated heterocycles. The van der Waals surface area contributed by atoms with Crippen LogP contribution >= 0.6 is 11.6 Å². The van der Waals surface area contributed by atoms with Crippen LogP contribution in [-0.4, -0.2) is 11.5 Å². The average molecular weight is 270 g/mol. The zero-order chi connectivity index (χ0) is 13.0. The summed E-state index contributed by atoms with van der Waals surface area (Å²) < 4.78 is 5.59. The fraction of sp³-hybridized carbons (Fsp3) is 0.538. The topological polar surface area (TPSA) is 52.4 Å². The van der Waals surface area contributed by atoms with Crippen molar-refractivity contribution < 1.29 is 9.66 Å². The first-order valence-corrected chi connectivity index (χ1v) is 6.61. The number of hydrogen-bond donors (Lipinski definition) is 0. The van der Waals surface area contributed by atoms with Crippen molar-refractivity contribution in [1.29, 1.82) is 0 Å². The predicted octanol–water partition coefficient (Wildman–Crippen LogP) is 4.21. The second-order valence-corrected chi connectivity index (χ2v) is 5.12. The molecule has 0 aromatic heterocycles. The zero-order valence-electron chi connectivity index (χ0n) is 10.1. The van der Waals surface area contributed by atoms with Crippen molar-refractivity contribution in [3.8, 4) is 5.75 Å². The van der Waals surface area contributed by atoms with Gasteiger partial charge in [-0.1, -0.05) is 30.9 Å². The second-order valence-electron chi connectivity index (χ2n) is 4.68. The lowest BCUT2D eigenvalue weighted by Crippen LogP contribution is -2.15. The Hall–Kier alpha value is -1.29. The van der Waals surface area contributed by atoms with Gasteiger partial charge in [0.2, 0.25) is 0 Å². The van der Waals surface area contributed by atoms with Gasteiger partial charge in [-0.25, -0.2) is 0 Å². The highest BCUT2D eigenvalue weighted by molar-refractivity contribution is 6.30. The van der Waals surface area contributed by atoms with E-state index in [1.807, 2.05) is 0 Å². The van der Waals surface area contributed by atoms with Gasteiger partial charge < -0.3 is 4.74 Å². The second kappa shape index (κ2) is 6.05. The molecule has 0 heterocycles. The monoisotopic (exact) mass is 269 g/mol. The van der Waals surface area contributed by atoms with Gasteiger partial charge >= 0.3 is 5.69 Å². The van der Waals surface area contributed by atoms with Crippen molar-refractivity contribution in [2.24, 2.45) is 5.92 Å². The zero-order valence-corrected chi connectivity index (χ0v) is 10.9. The molecule has 0 bridgehead atoms. The van der Waals surface area contributed by atoms with Gasteiger partial charge in [0.05, 0.1) is 11.5 Å². The lowest BCUT2D eigenvalue weighted by molar-refractivity contribution is -0.385. The van der Waals surface area contributed by atoms with E-state index in [0.29, 0.717) is 17.5 Å². The summed E-state index contributed by atoms with van der Waals surface area (Å²) in [5.74, 6) is 0.787. The van der Waals surface area contributed by atoms with E-state index in [2.05, 4.69) is 0 Å². The molecule has 98 valence electrons. The Labute approximate surface area is 111 Å². The Bertz CT molecular complexity index is 430. The van der Waals surface area contributed by atoms with E-state index in [0.717, 1.165) is 12.8 Å². The maximum Gasteiger partial charge on any atom is 0.311 e. The summed E-state index contributed by atoms with van der Waals surface area (Å²) in [6, 6.07) is 4.41. The quantitative estimate of drug-likeness (QED) is 0.608. The number of ether oxygens (including phenoxy) is 1. The SMILES string of the molecule is O=[N+]([O-])c1ccc(Cl)cc1OCC1CCCCC1. The Balaban J connectivity index is 2.03. The minimum absolute atomic E-state index is 0.0183. The molecule has 2 rings (SSSR count). The number of hydrogen-bond acceptors (Lipinski definition) is 3. The van der Waals surface area contributed by atoms with E-state index in [4.69, 9.17) is 16.3 Å². The summed E-state index contributed by atoms with van der Waals surface area (Å²) >= 11 is 5.84. The van der Waals surface area contributed by atoms with Gasteiger partial charge in [0.25, 0.3) is 0 Å². The lowest BCUT2D eigenvalue weighted by atomic mass is 9.90. The number of nitro benzene ring substituents is 1. The van der Waals surface area contributed by atoms with Crippen LogP contribution in [0.5, 0.6) is 5.75 Å². The van der Waals surface area contributed by atoms with Crippen molar-refractivity contribution in [1.82, 2.24) is 0 Å². The molecular weight excluding hydrogens is 254 g/mol. The van der Waals surface area contributed by atoms with Crippen LogP contribution in [0.4, 0.5) is 5.69 Å². The van der Waals surface area contributed by atoms with Crippen LogP contribution in [0.3, 0.4) is 0 Å². The van der Waals surface area contributed by atoms with E-state index in [1.165, 1.54) is 37.5 Å². The molecular formula is C13H16ClNO3. The van der Waals surface area contributed by atoms with E-state index in [9.17, 15) is 10.1 Å². The summed E-state index contributed by atoms with van der Waals surface area (Å²) in [6.45, 7) is 0.543. The van der Waals surface area contributed by atoms with Crippen LogP contribution in [-0.2, 0) is 0 Å². The third kappa shape index (κ3) is 3.35. The highest BCUT2D eigenvalue weighted by Crippen LogP contribution is 2.31. The number of nitro groups is 1. The summed E-state index contributed by atoms with van der Waals surface area (Å²) in [5.41, 5.74) is -0.0183. The van der Waals surface area contributed by atoms with Crippen molar-refractivity contribution >= 4 is 17.3 Å². The molecule has 1 aliphatic carbocycles. The lowest BCUT2D eigenvalue weighted by Gasteiger charge is -2.21. The van der Waals surface area contributed by atoms with Gasteiger partial charge in [0.1, 0.15) is 0 Å². The molecule has 1 saturated carbocycles. The van der Waals surface area contributed by atoms with Crippen molar-refractivity contribution in [2.45, 2.75) is 32.1 Å². The standard InChI is InChI=1S/C13H16ClNO3/c14-11-6-7-12(15(16)17)13(8-11)18-9-10-4-2-1-3-5-10/h6-8,10H,1-5,9H2. The highest BCUT2D eigenvalue weighted by Gasteiger charge is 2.18. The van der Waals surface area contributed by atoms with Crippen LogP contribution in [0, 0.1) is 16.0 Å². The van der Waals surface area contributed by atoms with Gasteiger partial charge in [-0.3, -0.25) is 10.1 Å². The van der Waals surface area contributed by atoms with Gasteiger partial charge in [-0.2, -0.15) is 0 Å². The minimum atomic E-state index is -0.438. The third-order valence-electron chi connectivity index (χ3n) is 3.32. The smallest absolute Gasteiger partial charge is 0.311 e. The van der Waals surface area contributed by atoms with Gasteiger partial charge in [0.15, 0.2) is 5.75 Å². The van der Waals surface area contributed by atoms with Crippen molar-refractivity contribution in [3.05, 3.63) is 33.3 Å². The largest absolute Gasteiger partial charge is 0.486 e. The number of rotatable bonds is 4. The average Bonchev–Trinajstić information content (AvgIpc) is 2.37. The first-order chi connectivity index (χ1) is 8.66. The normalized spacial score (nSPS) is 16.5. The molecule has 0 aliphatic heterocycles. The molecule has 0 spiro atoms. The van der Waals surface area contributed by atoms with E-state index >= 15 is 0 Å². The first-order valence-electron chi connectivity index (χ1n) is 6.23. The van der Waals surface area contributed by atoms with E-state index in [-0.39, 0.29) is 11.4 Å². The Morgan fingerprint density at radius 3 is 2.72 bits per heavy atom. The molecule has 0 unspecified atom stereocenters. The van der Waals surface area contributed by atoms with Crippen LogP contribution in [0.25, 0.3) is 0 Å². The number of halogens is 1. The summed E-state index contributed by atoms with van der Waals surface area (Å²) in [5, 5.41) is 11.3. The fourth-order valence-corrected chi connectivity index (χ4v) is 2.48. The molecule has 1 aromatic rings. The molecule has 18 heavy (non-hydrogen) atoms. The number of nitrogens with zero attached hydrogens (tertiary/aromatic N) is 1. The minimum Gasteiger partial charge on any atom is -0.486 e. The molecule has 0 radical (unpaired) electrons. The van der Waals surface area contributed by atoms with Crippen molar-refractivity contribution in [2.75, 3.05) is 6.61 Å². The molecule has 1 fully saturated rings. The highest BCUT2D eigenvalue weighted by atomic mass is 35.5. The van der Waals surface area contributed by atoms with Crippen LogP contribution in [0.1, 0.15) is 32.1 Å². The van der Waals surface area contributed by atoms with Gasteiger partial charge in [0, 0.05) is 17.2 Å². The molecule has 1 aliphatic rings. The first kappa shape index (κ1) is 13.1. The van der Waals surface area contributed by atoms with Gasteiger partial charge in [-0.15, -0.1) is 0 Å². The molecule has 0 amide bonds. The Morgan fingerprint density at radius 1 is 1.33 bits per heavy atom. The summed E-state index contributed by atoms with van der Waals surface area (Å²) in [7, 11) is 0. The van der Waals surface area contributed by atoms with Crippen molar-refractivity contribution in [3.63, 3.8) is 0 Å². The van der Waals surface area contributed by atoms with Crippen LogP contribution in [0.15, 0.2) is 18.2 Å². The van der Waals surface area contributed by atoms with E-state index < -0.39 is 4.92 Å². The van der Waals surface area contributed by atoms with Crippen LogP contribution < -0.4 is 4.74 Å². The maximum atomic E-state index is 10.9. The Morgan fingerprint density at radius 2 is 2.06 bits per heavy atom. The summed E-state index contributed by atoms with van der Waals surface area (Å²) in [4.78, 5) is 10.4. The molecule has 4 nitrogen and oxygen atoms in total. The number of benzene rings is 1. The summed E-state index contributed by atoms with van der Waals surface area (Å²) in [6.07, 6.45) is 6.04. The molecule has 0 atom stereocenters. The Kier molecular flexibility index (Phi) is 4.42. The molecule has 0 N–H and O–H groups in total. The van der Waals surface area contributed by atoms with Gasteiger partial charge in [-0.05, 0) is 24.8 Å². The molecule has 5 heteroatoms. The third-order valence-corrected chi connectivity index (χ3v) is 3.55. The van der Waals surface area contributed by atoms with E-state index in [1.54, 1.807) is 0 Å².